The molecule has 18 heavy (non-hydrogen) atoms. The third-order valence-corrected chi connectivity index (χ3v) is 3.16. The fourth-order valence-electron chi connectivity index (χ4n) is 1.93. The van der Waals surface area contributed by atoms with Crippen molar-refractivity contribution in [2.75, 3.05) is 0 Å². The molecule has 2 heterocycles. The van der Waals surface area contributed by atoms with Gasteiger partial charge in [-0.1, -0.05) is 16.8 Å². The number of benzene rings is 1. The van der Waals surface area contributed by atoms with Crippen LogP contribution in [-0.4, -0.2) is 15.1 Å². The lowest BCUT2D eigenvalue weighted by Gasteiger charge is -2.00. The lowest BCUT2D eigenvalue weighted by molar-refractivity contribution is 0.380. The van der Waals surface area contributed by atoms with Crippen molar-refractivity contribution in [2.24, 2.45) is 5.73 Å². The van der Waals surface area contributed by atoms with Crippen molar-refractivity contribution >= 4 is 22.5 Å². The van der Waals surface area contributed by atoms with Crippen molar-refractivity contribution < 1.29 is 4.52 Å². The van der Waals surface area contributed by atoms with Crippen LogP contribution < -0.4 is 5.73 Å². The monoisotopic (exact) mass is 262 g/mol. The Kier molecular flexibility index (Phi) is 2.57. The Morgan fingerprint density at radius 3 is 3.00 bits per heavy atom. The molecule has 0 saturated heterocycles. The average Bonchev–Trinajstić information content (AvgIpc) is 2.95. The van der Waals surface area contributed by atoms with Gasteiger partial charge in [-0.25, -0.2) is 0 Å². The van der Waals surface area contributed by atoms with E-state index in [2.05, 4.69) is 15.1 Å². The van der Waals surface area contributed by atoms with Crippen LogP contribution in [-0.2, 0) is 6.54 Å². The first-order valence-corrected chi connectivity index (χ1v) is 5.87. The smallest absolute Gasteiger partial charge is 0.240 e. The highest BCUT2D eigenvalue weighted by atomic mass is 35.5. The summed E-state index contributed by atoms with van der Waals surface area (Å²) in [6.45, 7) is 2.20. The molecule has 0 atom stereocenters. The number of rotatable bonds is 2. The first-order chi connectivity index (χ1) is 8.69. The fourth-order valence-corrected chi connectivity index (χ4v) is 2.23. The average molecular weight is 263 g/mol. The molecule has 0 aliphatic carbocycles. The summed E-state index contributed by atoms with van der Waals surface area (Å²) in [4.78, 5) is 7.40. The Morgan fingerprint density at radius 2 is 2.28 bits per heavy atom. The van der Waals surface area contributed by atoms with Crippen molar-refractivity contribution in [3.8, 4) is 11.4 Å². The predicted molar refractivity (Wildman–Crippen MR) is 69.2 cm³/mol. The fraction of sp³-hybridized carbons (Fsp3) is 0.167. The molecule has 92 valence electrons. The summed E-state index contributed by atoms with van der Waals surface area (Å²) < 4.78 is 4.99. The molecule has 0 fully saturated rings. The number of halogens is 1. The van der Waals surface area contributed by atoms with Crippen LogP contribution in [0.4, 0.5) is 0 Å². The van der Waals surface area contributed by atoms with E-state index in [1.165, 1.54) is 0 Å². The van der Waals surface area contributed by atoms with Gasteiger partial charge >= 0.3 is 0 Å². The first kappa shape index (κ1) is 11.3. The maximum Gasteiger partial charge on any atom is 0.240 e. The van der Waals surface area contributed by atoms with Crippen LogP contribution in [0.5, 0.6) is 0 Å². The molecular weight excluding hydrogens is 252 g/mol. The van der Waals surface area contributed by atoms with Crippen molar-refractivity contribution in [3.05, 3.63) is 34.8 Å². The topological polar surface area (TPSA) is 80.7 Å². The van der Waals surface area contributed by atoms with Crippen molar-refractivity contribution in [1.29, 1.82) is 0 Å². The summed E-state index contributed by atoms with van der Waals surface area (Å²) in [5.41, 5.74) is 8.23. The zero-order valence-corrected chi connectivity index (χ0v) is 10.5. The highest BCUT2D eigenvalue weighted by Crippen LogP contribution is 2.33. The molecule has 0 saturated carbocycles. The van der Waals surface area contributed by atoms with E-state index < -0.39 is 0 Å². The second-order valence-corrected chi connectivity index (χ2v) is 4.43. The van der Waals surface area contributed by atoms with E-state index in [0.29, 0.717) is 16.7 Å². The number of hydrogen-bond donors (Lipinski definition) is 2. The maximum atomic E-state index is 6.37. The number of aryl methyl sites for hydroxylation is 1. The van der Waals surface area contributed by atoms with Gasteiger partial charge in [0.25, 0.3) is 0 Å². The van der Waals surface area contributed by atoms with E-state index in [4.69, 9.17) is 21.9 Å². The molecule has 0 spiro atoms. The van der Waals surface area contributed by atoms with E-state index in [0.717, 1.165) is 22.2 Å². The van der Waals surface area contributed by atoms with Crippen molar-refractivity contribution in [3.63, 3.8) is 0 Å². The minimum absolute atomic E-state index is 0.218. The molecule has 3 N–H and O–H groups in total. The highest BCUT2D eigenvalue weighted by Gasteiger charge is 2.14. The van der Waals surface area contributed by atoms with Gasteiger partial charge in [0.05, 0.1) is 11.6 Å². The van der Waals surface area contributed by atoms with Crippen LogP contribution in [0.3, 0.4) is 0 Å². The second-order valence-electron chi connectivity index (χ2n) is 4.06. The molecule has 0 amide bonds. The van der Waals surface area contributed by atoms with Gasteiger partial charge in [0, 0.05) is 22.2 Å². The number of aromatic amines is 1. The van der Waals surface area contributed by atoms with Crippen LogP contribution >= 0.6 is 11.6 Å². The molecule has 5 nitrogen and oxygen atoms in total. The van der Waals surface area contributed by atoms with Crippen molar-refractivity contribution in [1.82, 2.24) is 15.1 Å². The molecular formula is C12H11ClN4O. The van der Waals surface area contributed by atoms with Crippen LogP contribution in [0, 0.1) is 6.92 Å². The predicted octanol–water partition coefficient (Wildman–Crippen LogP) is 2.64. The Hall–Kier alpha value is -1.85. The summed E-state index contributed by atoms with van der Waals surface area (Å²) in [6, 6.07) is 5.80. The number of aromatic nitrogens is 3. The molecule has 0 radical (unpaired) electrons. The zero-order valence-electron chi connectivity index (χ0n) is 9.70. The van der Waals surface area contributed by atoms with E-state index >= 15 is 0 Å². The van der Waals surface area contributed by atoms with Crippen LogP contribution in [0.1, 0.15) is 11.6 Å². The maximum absolute atomic E-state index is 6.37. The van der Waals surface area contributed by atoms with Crippen LogP contribution in [0.15, 0.2) is 22.7 Å². The number of H-pyrrole nitrogens is 1. The summed E-state index contributed by atoms with van der Waals surface area (Å²) >= 11 is 6.37. The number of nitrogens with one attached hydrogen (secondary N) is 1. The first-order valence-electron chi connectivity index (χ1n) is 5.50. The minimum atomic E-state index is 0.218. The van der Waals surface area contributed by atoms with Gasteiger partial charge in [0.1, 0.15) is 0 Å². The van der Waals surface area contributed by atoms with E-state index in [1.54, 1.807) is 0 Å². The van der Waals surface area contributed by atoms with Gasteiger partial charge in [-0.2, -0.15) is 4.98 Å². The number of nitrogens with two attached hydrogens (primary N) is 1. The quantitative estimate of drug-likeness (QED) is 0.744. The summed E-state index contributed by atoms with van der Waals surface area (Å²) in [5.74, 6) is 0.854. The molecule has 0 aliphatic rings. The summed E-state index contributed by atoms with van der Waals surface area (Å²) in [7, 11) is 0. The van der Waals surface area contributed by atoms with E-state index in [1.807, 2.05) is 25.1 Å². The standard InChI is InChI=1S/C12H11ClN4O/c1-6-4-8-9(15-6)3-2-7(11(8)13)12-16-10(5-14)18-17-12/h2-4,15H,5,14H2,1H3. The van der Waals surface area contributed by atoms with Gasteiger partial charge < -0.3 is 15.2 Å². The molecule has 3 aromatic rings. The third-order valence-electron chi connectivity index (χ3n) is 2.76. The van der Waals surface area contributed by atoms with Crippen LogP contribution in [0.25, 0.3) is 22.3 Å². The zero-order chi connectivity index (χ0) is 12.7. The molecule has 3 rings (SSSR count). The second kappa shape index (κ2) is 4.12. The van der Waals surface area contributed by atoms with Gasteiger partial charge in [-0.15, -0.1) is 0 Å². The molecule has 6 heteroatoms. The van der Waals surface area contributed by atoms with Crippen LogP contribution in [0.2, 0.25) is 5.02 Å². The lowest BCUT2D eigenvalue weighted by atomic mass is 10.1. The highest BCUT2D eigenvalue weighted by molar-refractivity contribution is 6.38. The summed E-state index contributed by atoms with van der Waals surface area (Å²) in [6.07, 6.45) is 0. The molecule has 0 bridgehead atoms. The molecule has 0 aliphatic heterocycles. The molecule has 0 unspecified atom stereocenters. The molecule has 1 aromatic carbocycles. The SMILES string of the molecule is Cc1cc2c(Cl)c(-c3noc(CN)n3)ccc2[nH]1. The van der Waals surface area contributed by atoms with Gasteiger partial charge in [-0.3, -0.25) is 0 Å². The number of fused-ring (bicyclic) bond motifs is 1. The van der Waals surface area contributed by atoms with E-state index in [9.17, 15) is 0 Å². The molecule has 2 aromatic heterocycles. The summed E-state index contributed by atoms with van der Waals surface area (Å²) in [5, 5.41) is 5.43. The Balaban J connectivity index is 2.19. The van der Waals surface area contributed by atoms with Crippen molar-refractivity contribution in [2.45, 2.75) is 13.5 Å². The number of hydrogen-bond acceptors (Lipinski definition) is 4. The third kappa shape index (κ3) is 1.68. The van der Waals surface area contributed by atoms with Gasteiger partial charge in [0.15, 0.2) is 0 Å². The van der Waals surface area contributed by atoms with Gasteiger partial charge in [0.2, 0.25) is 11.7 Å². The number of nitrogens with zero attached hydrogens (tertiary/aromatic N) is 2. The Labute approximate surface area is 108 Å². The normalized spacial score (nSPS) is 11.3. The van der Waals surface area contributed by atoms with E-state index in [-0.39, 0.29) is 6.54 Å². The minimum Gasteiger partial charge on any atom is -0.359 e. The van der Waals surface area contributed by atoms with Gasteiger partial charge in [-0.05, 0) is 25.1 Å². The lowest BCUT2D eigenvalue weighted by Crippen LogP contribution is -1.95. The Bertz CT molecular complexity index is 716. The largest absolute Gasteiger partial charge is 0.359 e. The Morgan fingerprint density at radius 1 is 1.44 bits per heavy atom.